The number of imidazole rings is 1. The quantitative estimate of drug-likeness (QED) is 0.303. The molecule has 2 saturated heterocycles. The largest absolute Gasteiger partial charge is 0.486 e. The molecule has 0 amide bonds. The number of fused-ring (bicyclic) bond motifs is 1. The van der Waals surface area contributed by atoms with E-state index in [4.69, 9.17) is 26.1 Å². The Hall–Kier alpha value is -3.53. The van der Waals surface area contributed by atoms with Crippen LogP contribution >= 0.6 is 11.6 Å². The van der Waals surface area contributed by atoms with Crippen LogP contribution in [0, 0.1) is 5.82 Å². The van der Waals surface area contributed by atoms with E-state index < -0.39 is 11.8 Å². The molecule has 1 unspecified atom stereocenters. The number of hydrogen-bond acceptors (Lipinski definition) is 6. The van der Waals surface area contributed by atoms with Gasteiger partial charge in [-0.3, -0.25) is 9.88 Å². The second-order valence-corrected chi connectivity index (χ2v) is 10.6. The van der Waals surface area contributed by atoms with E-state index in [1.165, 1.54) is 12.1 Å². The number of nitrogens with zero attached hydrogens (tertiary/aromatic N) is 4. The molecule has 6 rings (SSSR count). The molecule has 2 atom stereocenters. The molecule has 202 valence electrons. The minimum absolute atomic E-state index is 0.123. The first-order valence-corrected chi connectivity index (χ1v) is 13.4. The van der Waals surface area contributed by atoms with Crippen molar-refractivity contribution >= 4 is 28.6 Å². The Labute approximate surface area is 229 Å². The molecule has 0 bridgehead atoms. The standard InChI is InChI=1S/C29H28ClFN4O4/c30-22-2-4-27(24(31)11-22)39-17-18-9-21(13-32-12-18)20-5-7-34(14-20)16-28-33-25-3-1-19(29(36)37)10-26(25)35(28)15-23-6-8-38-23/h1-4,9-13,20,23H,5-8,14-17H2,(H,36,37)/t20?,23-/m0/s1. The lowest BCUT2D eigenvalue weighted by molar-refractivity contribution is -0.0591. The second-order valence-electron chi connectivity index (χ2n) is 10.1. The average Bonchev–Trinajstić information content (AvgIpc) is 3.50. The van der Waals surface area contributed by atoms with Gasteiger partial charge in [-0.1, -0.05) is 11.6 Å². The van der Waals surface area contributed by atoms with Crippen LogP contribution < -0.4 is 4.74 Å². The Morgan fingerprint density at radius 2 is 2.05 bits per heavy atom. The van der Waals surface area contributed by atoms with Crippen LogP contribution in [0.15, 0.2) is 54.9 Å². The smallest absolute Gasteiger partial charge is 0.335 e. The summed E-state index contributed by atoms with van der Waals surface area (Å²) in [7, 11) is 0. The Morgan fingerprint density at radius 1 is 1.18 bits per heavy atom. The zero-order valence-electron chi connectivity index (χ0n) is 21.2. The molecule has 4 heterocycles. The predicted molar refractivity (Wildman–Crippen MR) is 144 cm³/mol. The Kier molecular flexibility index (Phi) is 7.20. The number of halogens is 2. The highest BCUT2D eigenvalue weighted by Crippen LogP contribution is 2.30. The lowest BCUT2D eigenvalue weighted by Crippen LogP contribution is -2.32. The average molecular weight is 551 g/mol. The molecule has 1 N–H and O–H groups in total. The molecule has 4 aromatic rings. The number of carbonyl (C=O) groups is 1. The van der Waals surface area contributed by atoms with Crippen LogP contribution in [0.4, 0.5) is 4.39 Å². The molecule has 2 aliphatic rings. The van der Waals surface area contributed by atoms with Gasteiger partial charge in [0.15, 0.2) is 11.6 Å². The third kappa shape index (κ3) is 5.61. The zero-order chi connectivity index (χ0) is 26.9. The van der Waals surface area contributed by atoms with E-state index in [1.54, 1.807) is 30.5 Å². The number of ether oxygens (including phenoxy) is 2. The van der Waals surface area contributed by atoms with Gasteiger partial charge in [-0.05, 0) is 73.3 Å². The van der Waals surface area contributed by atoms with Crippen LogP contribution in [0.3, 0.4) is 0 Å². The number of aromatic nitrogens is 3. The summed E-state index contributed by atoms with van der Waals surface area (Å²) >= 11 is 5.83. The lowest BCUT2D eigenvalue weighted by Gasteiger charge is -2.28. The monoisotopic (exact) mass is 550 g/mol. The van der Waals surface area contributed by atoms with E-state index >= 15 is 0 Å². The molecular weight excluding hydrogens is 523 g/mol. The van der Waals surface area contributed by atoms with Crippen LogP contribution in [-0.4, -0.2) is 56.3 Å². The summed E-state index contributed by atoms with van der Waals surface area (Å²) in [6.07, 6.45) is 5.71. The van der Waals surface area contributed by atoms with Crippen molar-refractivity contribution in [2.24, 2.45) is 0 Å². The maximum atomic E-state index is 14.1. The van der Waals surface area contributed by atoms with Gasteiger partial charge in [0.2, 0.25) is 0 Å². The van der Waals surface area contributed by atoms with Crippen molar-refractivity contribution < 1.29 is 23.8 Å². The van der Waals surface area contributed by atoms with Crippen LogP contribution in [0.2, 0.25) is 5.02 Å². The molecule has 0 aliphatic carbocycles. The van der Waals surface area contributed by atoms with Gasteiger partial charge in [0.25, 0.3) is 0 Å². The van der Waals surface area contributed by atoms with Gasteiger partial charge in [-0.15, -0.1) is 0 Å². The van der Waals surface area contributed by atoms with Gasteiger partial charge in [0.05, 0.1) is 35.8 Å². The number of carboxylic acids is 1. The number of aromatic carboxylic acids is 1. The topological polar surface area (TPSA) is 89.7 Å². The first-order valence-electron chi connectivity index (χ1n) is 13.0. The Morgan fingerprint density at radius 3 is 2.82 bits per heavy atom. The highest BCUT2D eigenvalue weighted by molar-refractivity contribution is 6.30. The van der Waals surface area contributed by atoms with Crippen molar-refractivity contribution in [2.45, 2.75) is 44.6 Å². The van der Waals surface area contributed by atoms with Crippen LogP contribution in [0.5, 0.6) is 5.75 Å². The first kappa shape index (κ1) is 25.7. The maximum absolute atomic E-state index is 14.1. The van der Waals surface area contributed by atoms with Gasteiger partial charge in [0.1, 0.15) is 12.4 Å². The van der Waals surface area contributed by atoms with Crippen molar-refractivity contribution in [1.29, 1.82) is 0 Å². The van der Waals surface area contributed by atoms with Gasteiger partial charge >= 0.3 is 5.97 Å². The van der Waals surface area contributed by atoms with Gasteiger partial charge < -0.3 is 19.1 Å². The SMILES string of the molecule is O=C(O)c1ccc2nc(CN3CCC(c4cncc(COc5ccc(Cl)cc5F)c4)C3)n(C[C@@H]3CCO3)c2c1. The van der Waals surface area contributed by atoms with Crippen molar-refractivity contribution in [3.05, 3.63) is 88.2 Å². The predicted octanol–water partition coefficient (Wildman–Crippen LogP) is 5.28. The highest BCUT2D eigenvalue weighted by Gasteiger charge is 2.28. The minimum atomic E-state index is -0.951. The highest BCUT2D eigenvalue weighted by atomic mass is 35.5. The van der Waals surface area contributed by atoms with E-state index in [-0.39, 0.29) is 24.0 Å². The minimum Gasteiger partial charge on any atom is -0.486 e. The molecule has 39 heavy (non-hydrogen) atoms. The Balaban J connectivity index is 1.15. The molecule has 8 nitrogen and oxygen atoms in total. The van der Waals surface area contributed by atoms with Crippen LogP contribution in [0.25, 0.3) is 11.0 Å². The molecule has 2 aromatic heterocycles. The van der Waals surface area contributed by atoms with Crippen molar-refractivity contribution in [2.75, 3.05) is 19.7 Å². The van der Waals surface area contributed by atoms with Gasteiger partial charge in [-0.25, -0.2) is 14.2 Å². The fourth-order valence-corrected chi connectivity index (χ4v) is 5.43. The molecular formula is C29H28ClFN4O4. The van der Waals surface area contributed by atoms with Crippen molar-refractivity contribution in [1.82, 2.24) is 19.4 Å². The number of rotatable bonds is 9. The summed E-state index contributed by atoms with van der Waals surface area (Å²) in [5, 5.41) is 9.81. The zero-order valence-corrected chi connectivity index (χ0v) is 22.0. The lowest BCUT2D eigenvalue weighted by atomic mass is 9.99. The Bertz CT molecular complexity index is 1520. The number of likely N-dealkylation sites (tertiary alicyclic amines) is 1. The van der Waals surface area contributed by atoms with E-state index in [2.05, 4.69) is 20.5 Å². The molecule has 0 saturated carbocycles. The molecule has 0 spiro atoms. The van der Waals surface area contributed by atoms with E-state index in [9.17, 15) is 14.3 Å². The molecule has 10 heteroatoms. The van der Waals surface area contributed by atoms with Crippen LogP contribution in [0.1, 0.15) is 46.1 Å². The maximum Gasteiger partial charge on any atom is 0.335 e. The number of hydrogen-bond donors (Lipinski definition) is 1. The molecule has 2 fully saturated rings. The normalized spacial score (nSPS) is 19.3. The summed E-state index contributed by atoms with van der Waals surface area (Å²) in [6.45, 7) is 4.04. The summed E-state index contributed by atoms with van der Waals surface area (Å²) in [4.78, 5) is 23.2. The fourth-order valence-electron chi connectivity index (χ4n) is 5.27. The fraction of sp³-hybridized carbons (Fsp3) is 0.345. The number of pyridine rings is 1. The molecule has 0 radical (unpaired) electrons. The molecule has 2 aromatic carbocycles. The number of benzene rings is 2. The summed E-state index contributed by atoms with van der Waals surface area (Å²) in [5.41, 5.74) is 3.86. The third-order valence-corrected chi connectivity index (χ3v) is 7.70. The molecule has 2 aliphatic heterocycles. The van der Waals surface area contributed by atoms with Crippen molar-refractivity contribution in [3.8, 4) is 5.75 Å². The summed E-state index contributed by atoms with van der Waals surface area (Å²) < 4.78 is 27.5. The second kappa shape index (κ2) is 10.9. The third-order valence-electron chi connectivity index (χ3n) is 7.47. The van der Waals surface area contributed by atoms with Crippen molar-refractivity contribution in [3.63, 3.8) is 0 Å². The number of carboxylic acid groups (broad SMARTS) is 1. The first-order chi connectivity index (χ1) is 18.9. The van der Waals surface area contributed by atoms with Gasteiger partial charge in [-0.2, -0.15) is 0 Å². The van der Waals surface area contributed by atoms with Crippen LogP contribution in [-0.2, 0) is 24.4 Å². The summed E-state index contributed by atoms with van der Waals surface area (Å²) in [5.74, 6) is -0.0762. The summed E-state index contributed by atoms with van der Waals surface area (Å²) in [6, 6.07) is 11.5. The van der Waals surface area contributed by atoms with E-state index in [1.807, 2.05) is 6.20 Å². The van der Waals surface area contributed by atoms with E-state index in [0.717, 1.165) is 60.5 Å². The van der Waals surface area contributed by atoms with E-state index in [0.29, 0.717) is 24.0 Å². The van der Waals surface area contributed by atoms with Gasteiger partial charge in [0, 0.05) is 36.1 Å².